The van der Waals surface area contributed by atoms with E-state index in [1.807, 2.05) is 24.3 Å². The van der Waals surface area contributed by atoms with Crippen LogP contribution in [0, 0.1) is 9.39 Å². The lowest BCUT2D eigenvalue weighted by molar-refractivity contribution is 0.305. The van der Waals surface area contributed by atoms with Crippen molar-refractivity contribution < 1.29 is 9.13 Å². The molecule has 0 bridgehead atoms. The summed E-state index contributed by atoms with van der Waals surface area (Å²) in [4.78, 5) is 0. The predicted molar refractivity (Wildman–Crippen MR) is 69.9 cm³/mol. The molecule has 16 heavy (non-hydrogen) atoms. The Morgan fingerprint density at radius 2 is 1.56 bits per heavy atom. The Labute approximate surface area is 107 Å². The molecule has 1 nitrogen and oxygen atoms in total. The average Bonchev–Trinajstić information content (AvgIpc) is 2.30. The van der Waals surface area contributed by atoms with Gasteiger partial charge in [-0.15, -0.1) is 0 Å². The normalized spacial score (nSPS) is 10.1. The van der Waals surface area contributed by atoms with Gasteiger partial charge in [-0.1, -0.05) is 12.1 Å². The fourth-order valence-electron chi connectivity index (χ4n) is 1.28. The van der Waals surface area contributed by atoms with Crippen LogP contribution in [0.3, 0.4) is 0 Å². The molecule has 0 fully saturated rings. The van der Waals surface area contributed by atoms with Gasteiger partial charge in [-0.3, -0.25) is 0 Å². The number of hydrogen-bond acceptors (Lipinski definition) is 1. The van der Waals surface area contributed by atoms with E-state index < -0.39 is 0 Å². The second-order valence-corrected chi connectivity index (χ2v) is 4.61. The van der Waals surface area contributed by atoms with E-state index in [1.54, 1.807) is 12.1 Å². The third kappa shape index (κ3) is 3.20. The Kier molecular flexibility index (Phi) is 3.77. The number of hydrogen-bond donors (Lipinski definition) is 0. The van der Waals surface area contributed by atoms with Gasteiger partial charge in [-0.2, -0.15) is 0 Å². The van der Waals surface area contributed by atoms with Crippen LogP contribution in [0.15, 0.2) is 48.5 Å². The van der Waals surface area contributed by atoms with Crippen molar-refractivity contribution in [2.24, 2.45) is 0 Å². The molecule has 0 N–H and O–H groups in total. The van der Waals surface area contributed by atoms with Gasteiger partial charge in [0.25, 0.3) is 0 Å². The van der Waals surface area contributed by atoms with Crippen molar-refractivity contribution in [1.82, 2.24) is 0 Å². The number of halogens is 2. The summed E-state index contributed by atoms with van der Waals surface area (Å²) >= 11 is 2.26. The Morgan fingerprint density at radius 3 is 2.19 bits per heavy atom. The Hall–Kier alpha value is -1.10. The molecule has 0 saturated heterocycles. The summed E-state index contributed by atoms with van der Waals surface area (Å²) in [5.41, 5.74) is 1.10. The van der Waals surface area contributed by atoms with E-state index >= 15 is 0 Å². The molecule has 0 aliphatic rings. The molecule has 0 radical (unpaired) electrons. The molecule has 0 aromatic heterocycles. The summed E-state index contributed by atoms with van der Waals surface area (Å²) in [5, 5.41) is 0. The maximum atomic E-state index is 12.6. The average molecular weight is 328 g/mol. The second-order valence-electron chi connectivity index (χ2n) is 3.37. The predicted octanol–water partition coefficient (Wildman–Crippen LogP) is 4.01. The highest BCUT2D eigenvalue weighted by molar-refractivity contribution is 14.1. The Balaban J connectivity index is 1.97. The first kappa shape index (κ1) is 11.4. The summed E-state index contributed by atoms with van der Waals surface area (Å²) in [7, 11) is 0. The van der Waals surface area contributed by atoms with E-state index in [2.05, 4.69) is 22.6 Å². The Bertz CT molecular complexity index is 405. The highest BCUT2D eigenvalue weighted by Gasteiger charge is 1.96. The second kappa shape index (κ2) is 5.30. The number of benzene rings is 2. The molecule has 0 amide bonds. The van der Waals surface area contributed by atoms with Crippen molar-refractivity contribution in [1.29, 1.82) is 0 Å². The van der Waals surface area contributed by atoms with Gasteiger partial charge in [0.1, 0.15) is 18.2 Å². The van der Waals surface area contributed by atoms with Crippen LogP contribution in [0.2, 0.25) is 0 Å². The van der Waals surface area contributed by atoms with Crippen LogP contribution in [-0.2, 0) is 6.61 Å². The molecule has 0 aliphatic heterocycles. The van der Waals surface area contributed by atoms with Gasteiger partial charge < -0.3 is 4.74 Å². The topological polar surface area (TPSA) is 9.23 Å². The molecular formula is C13H10FIO. The molecule has 0 saturated carbocycles. The minimum Gasteiger partial charge on any atom is -0.489 e. The third-order valence-corrected chi connectivity index (χ3v) is 2.85. The monoisotopic (exact) mass is 328 g/mol. The quantitative estimate of drug-likeness (QED) is 0.774. The van der Waals surface area contributed by atoms with E-state index in [0.717, 1.165) is 5.56 Å². The first-order valence-electron chi connectivity index (χ1n) is 4.87. The third-order valence-electron chi connectivity index (χ3n) is 2.13. The van der Waals surface area contributed by atoms with E-state index in [9.17, 15) is 4.39 Å². The van der Waals surface area contributed by atoms with Crippen LogP contribution in [0.1, 0.15) is 5.56 Å². The lowest BCUT2D eigenvalue weighted by Gasteiger charge is -2.06. The summed E-state index contributed by atoms with van der Waals surface area (Å²) in [6.45, 7) is 0.503. The van der Waals surface area contributed by atoms with Crippen molar-refractivity contribution in [2.75, 3.05) is 0 Å². The van der Waals surface area contributed by atoms with Gasteiger partial charge in [-0.25, -0.2) is 4.39 Å². The van der Waals surface area contributed by atoms with Crippen molar-refractivity contribution in [3.63, 3.8) is 0 Å². The van der Waals surface area contributed by atoms with E-state index in [0.29, 0.717) is 12.4 Å². The smallest absolute Gasteiger partial charge is 0.123 e. The molecule has 3 heteroatoms. The first-order chi connectivity index (χ1) is 7.74. The summed E-state index contributed by atoms with van der Waals surface area (Å²) < 4.78 is 19.4. The van der Waals surface area contributed by atoms with E-state index in [4.69, 9.17) is 4.74 Å². The minimum absolute atomic E-state index is 0.249. The molecule has 0 atom stereocenters. The van der Waals surface area contributed by atoms with Crippen molar-refractivity contribution in [3.05, 3.63) is 63.5 Å². The lowest BCUT2D eigenvalue weighted by Crippen LogP contribution is -1.95. The van der Waals surface area contributed by atoms with Crippen molar-refractivity contribution >= 4 is 22.6 Å². The fourth-order valence-corrected chi connectivity index (χ4v) is 1.64. The first-order valence-corrected chi connectivity index (χ1v) is 5.95. The summed E-state index contributed by atoms with van der Waals surface area (Å²) in [5.74, 6) is 0.432. The van der Waals surface area contributed by atoms with Gasteiger partial charge in [0.15, 0.2) is 0 Å². The SMILES string of the molecule is Fc1ccc(OCc2ccc(I)cc2)cc1. The zero-order valence-electron chi connectivity index (χ0n) is 8.49. The van der Waals surface area contributed by atoms with Crippen LogP contribution < -0.4 is 4.74 Å². The zero-order chi connectivity index (χ0) is 11.4. The molecule has 0 spiro atoms. The molecule has 82 valence electrons. The minimum atomic E-state index is -0.249. The maximum Gasteiger partial charge on any atom is 0.123 e. The molecule has 0 heterocycles. The van der Waals surface area contributed by atoms with Gasteiger partial charge in [0, 0.05) is 3.57 Å². The van der Waals surface area contributed by atoms with Crippen LogP contribution in [0.5, 0.6) is 5.75 Å². The van der Waals surface area contributed by atoms with Gasteiger partial charge in [0.05, 0.1) is 0 Å². The van der Waals surface area contributed by atoms with E-state index in [-0.39, 0.29) is 5.82 Å². The summed E-state index contributed by atoms with van der Waals surface area (Å²) in [6, 6.07) is 14.1. The largest absolute Gasteiger partial charge is 0.489 e. The summed E-state index contributed by atoms with van der Waals surface area (Å²) in [6.07, 6.45) is 0. The molecule has 0 aliphatic carbocycles. The van der Waals surface area contributed by atoms with Gasteiger partial charge in [0.2, 0.25) is 0 Å². The molecular weight excluding hydrogens is 318 g/mol. The van der Waals surface area contributed by atoms with Crippen molar-refractivity contribution in [3.8, 4) is 5.75 Å². The highest BCUT2D eigenvalue weighted by atomic mass is 127. The molecule has 2 rings (SSSR count). The standard InChI is InChI=1S/C13H10FIO/c14-11-3-7-13(8-4-11)16-9-10-1-5-12(15)6-2-10/h1-8H,9H2. The molecule has 2 aromatic rings. The maximum absolute atomic E-state index is 12.6. The van der Waals surface area contributed by atoms with Gasteiger partial charge >= 0.3 is 0 Å². The zero-order valence-corrected chi connectivity index (χ0v) is 10.6. The number of rotatable bonds is 3. The van der Waals surface area contributed by atoms with Crippen LogP contribution in [-0.4, -0.2) is 0 Å². The van der Waals surface area contributed by atoms with Crippen molar-refractivity contribution in [2.45, 2.75) is 6.61 Å². The lowest BCUT2D eigenvalue weighted by atomic mass is 10.2. The van der Waals surface area contributed by atoms with Gasteiger partial charge in [-0.05, 0) is 64.6 Å². The fraction of sp³-hybridized carbons (Fsp3) is 0.0769. The molecule has 0 unspecified atom stereocenters. The highest BCUT2D eigenvalue weighted by Crippen LogP contribution is 2.14. The van der Waals surface area contributed by atoms with Crippen LogP contribution >= 0.6 is 22.6 Å². The van der Waals surface area contributed by atoms with Crippen LogP contribution in [0.25, 0.3) is 0 Å². The number of ether oxygens (including phenoxy) is 1. The van der Waals surface area contributed by atoms with E-state index in [1.165, 1.54) is 15.7 Å². The van der Waals surface area contributed by atoms with Crippen LogP contribution in [0.4, 0.5) is 4.39 Å². The molecule has 2 aromatic carbocycles. The Morgan fingerprint density at radius 1 is 0.938 bits per heavy atom.